The highest BCUT2D eigenvalue weighted by atomic mass is 32.1. The lowest BCUT2D eigenvalue weighted by atomic mass is 10.1. The van der Waals surface area contributed by atoms with Crippen LogP contribution in [0.3, 0.4) is 0 Å². The molecule has 1 aromatic rings. The first-order chi connectivity index (χ1) is 6.42. The van der Waals surface area contributed by atoms with Gasteiger partial charge in [-0.15, -0.1) is 0 Å². The molecule has 0 bridgehead atoms. The highest BCUT2D eigenvalue weighted by Gasteiger charge is 2.24. The van der Waals surface area contributed by atoms with Gasteiger partial charge in [0.1, 0.15) is 0 Å². The molecule has 1 aromatic heterocycles. The van der Waals surface area contributed by atoms with Crippen LogP contribution in [0.1, 0.15) is 37.8 Å². The van der Waals surface area contributed by atoms with Gasteiger partial charge in [-0.2, -0.15) is 11.3 Å². The Morgan fingerprint density at radius 1 is 1.62 bits per heavy atom. The molecule has 1 saturated heterocycles. The van der Waals surface area contributed by atoms with Crippen LogP contribution >= 0.6 is 11.3 Å². The van der Waals surface area contributed by atoms with Gasteiger partial charge in [-0.25, -0.2) is 0 Å². The summed E-state index contributed by atoms with van der Waals surface area (Å²) in [6.07, 6.45) is 4.01. The normalized spacial score (nSPS) is 23.9. The van der Waals surface area contributed by atoms with Crippen LogP contribution in [0.15, 0.2) is 16.8 Å². The molecule has 72 valence electrons. The van der Waals surface area contributed by atoms with E-state index in [2.05, 4.69) is 28.7 Å². The van der Waals surface area contributed by atoms with E-state index in [1.165, 1.54) is 37.9 Å². The number of hydrogen-bond donors (Lipinski definition) is 0. The van der Waals surface area contributed by atoms with Crippen LogP contribution in [0.5, 0.6) is 0 Å². The maximum absolute atomic E-state index is 2.63. The fourth-order valence-corrected chi connectivity index (χ4v) is 2.93. The molecular weight excluding hydrogens is 178 g/mol. The minimum Gasteiger partial charge on any atom is -0.296 e. The summed E-state index contributed by atoms with van der Waals surface area (Å²) in [7, 11) is 0. The lowest BCUT2D eigenvalue weighted by molar-refractivity contribution is 0.258. The summed E-state index contributed by atoms with van der Waals surface area (Å²) in [6, 6.07) is 3.01. The van der Waals surface area contributed by atoms with Crippen molar-refractivity contribution in [1.82, 2.24) is 4.90 Å². The third kappa shape index (κ3) is 1.94. The Kier molecular flexibility index (Phi) is 3.01. The average Bonchev–Trinajstić information content (AvgIpc) is 2.71. The number of nitrogens with zero attached hydrogens (tertiary/aromatic N) is 1. The summed E-state index contributed by atoms with van der Waals surface area (Å²) in [5.74, 6) is 0. The molecule has 0 unspecified atom stereocenters. The first kappa shape index (κ1) is 9.22. The topological polar surface area (TPSA) is 3.24 Å². The van der Waals surface area contributed by atoms with Gasteiger partial charge in [0.25, 0.3) is 0 Å². The van der Waals surface area contributed by atoms with E-state index < -0.39 is 0 Å². The molecule has 0 aromatic carbocycles. The molecule has 13 heavy (non-hydrogen) atoms. The standard InChI is InChI=1S/C11H17NS/c1-2-6-12-7-3-4-11(12)10-5-8-13-9-10/h5,8-9,11H,2-4,6-7H2,1H3/t11-/m0/s1. The fourth-order valence-electron chi connectivity index (χ4n) is 2.22. The molecule has 1 aliphatic heterocycles. The molecule has 1 fully saturated rings. The Morgan fingerprint density at radius 3 is 3.23 bits per heavy atom. The van der Waals surface area contributed by atoms with Crippen LogP contribution < -0.4 is 0 Å². The van der Waals surface area contributed by atoms with Gasteiger partial charge in [0.15, 0.2) is 0 Å². The first-order valence-electron chi connectivity index (χ1n) is 5.18. The Bertz CT molecular complexity index is 243. The second-order valence-corrected chi connectivity index (χ2v) is 4.53. The number of rotatable bonds is 3. The van der Waals surface area contributed by atoms with E-state index in [1.54, 1.807) is 0 Å². The highest BCUT2D eigenvalue weighted by molar-refractivity contribution is 7.07. The van der Waals surface area contributed by atoms with E-state index >= 15 is 0 Å². The monoisotopic (exact) mass is 195 g/mol. The zero-order valence-electron chi connectivity index (χ0n) is 8.20. The van der Waals surface area contributed by atoms with Crippen molar-refractivity contribution >= 4 is 11.3 Å². The van der Waals surface area contributed by atoms with Gasteiger partial charge in [-0.05, 0) is 54.7 Å². The molecule has 2 heterocycles. The predicted molar refractivity (Wildman–Crippen MR) is 58.2 cm³/mol. The van der Waals surface area contributed by atoms with Gasteiger partial charge in [0.05, 0.1) is 0 Å². The number of hydrogen-bond acceptors (Lipinski definition) is 2. The number of thiophene rings is 1. The minimum atomic E-state index is 0.728. The van der Waals surface area contributed by atoms with Crippen molar-refractivity contribution in [1.29, 1.82) is 0 Å². The summed E-state index contributed by atoms with van der Waals surface area (Å²) in [5, 5.41) is 4.50. The first-order valence-corrected chi connectivity index (χ1v) is 6.12. The molecule has 0 aliphatic carbocycles. The summed E-state index contributed by atoms with van der Waals surface area (Å²) in [5.41, 5.74) is 1.54. The molecule has 0 radical (unpaired) electrons. The Morgan fingerprint density at radius 2 is 2.54 bits per heavy atom. The van der Waals surface area contributed by atoms with Gasteiger partial charge in [-0.3, -0.25) is 4.90 Å². The van der Waals surface area contributed by atoms with Crippen LogP contribution in [0.25, 0.3) is 0 Å². The van der Waals surface area contributed by atoms with Gasteiger partial charge in [0, 0.05) is 6.04 Å². The summed E-state index contributed by atoms with van der Waals surface area (Å²) in [6.45, 7) is 4.83. The van der Waals surface area contributed by atoms with Crippen LogP contribution in [-0.4, -0.2) is 18.0 Å². The second-order valence-electron chi connectivity index (χ2n) is 3.75. The smallest absolute Gasteiger partial charge is 0.0356 e. The van der Waals surface area contributed by atoms with Crippen molar-refractivity contribution in [3.8, 4) is 0 Å². The lowest BCUT2D eigenvalue weighted by Crippen LogP contribution is -2.23. The van der Waals surface area contributed by atoms with E-state index in [-0.39, 0.29) is 0 Å². The van der Waals surface area contributed by atoms with Crippen molar-refractivity contribution in [2.24, 2.45) is 0 Å². The molecule has 1 aliphatic rings. The Hall–Kier alpha value is -0.340. The number of likely N-dealkylation sites (tertiary alicyclic amines) is 1. The van der Waals surface area contributed by atoms with Crippen LogP contribution in [0, 0.1) is 0 Å². The molecule has 2 heteroatoms. The van der Waals surface area contributed by atoms with Crippen LogP contribution in [0.2, 0.25) is 0 Å². The van der Waals surface area contributed by atoms with E-state index in [1.807, 2.05) is 11.3 Å². The SMILES string of the molecule is CCCN1CCC[C@H]1c1ccsc1. The van der Waals surface area contributed by atoms with Crippen molar-refractivity contribution in [3.63, 3.8) is 0 Å². The summed E-state index contributed by atoms with van der Waals surface area (Å²) in [4.78, 5) is 2.63. The quantitative estimate of drug-likeness (QED) is 0.715. The molecule has 1 atom stereocenters. The maximum Gasteiger partial charge on any atom is 0.0356 e. The Balaban J connectivity index is 2.05. The molecule has 0 amide bonds. The summed E-state index contributed by atoms with van der Waals surface area (Å²) < 4.78 is 0. The average molecular weight is 195 g/mol. The molecule has 0 saturated carbocycles. The largest absolute Gasteiger partial charge is 0.296 e. The van der Waals surface area contributed by atoms with Gasteiger partial charge in [-0.1, -0.05) is 6.92 Å². The molecule has 0 N–H and O–H groups in total. The second kappa shape index (κ2) is 4.25. The van der Waals surface area contributed by atoms with Crippen molar-refractivity contribution in [3.05, 3.63) is 22.4 Å². The van der Waals surface area contributed by atoms with Crippen molar-refractivity contribution in [2.45, 2.75) is 32.2 Å². The maximum atomic E-state index is 2.63. The van der Waals surface area contributed by atoms with E-state index in [0.29, 0.717) is 0 Å². The molecular formula is C11H17NS. The molecule has 2 rings (SSSR count). The van der Waals surface area contributed by atoms with E-state index in [4.69, 9.17) is 0 Å². The zero-order chi connectivity index (χ0) is 9.10. The highest BCUT2D eigenvalue weighted by Crippen LogP contribution is 2.32. The third-order valence-corrected chi connectivity index (χ3v) is 3.50. The molecule has 0 spiro atoms. The van der Waals surface area contributed by atoms with Crippen molar-refractivity contribution in [2.75, 3.05) is 13.1 Å². The van der Waals surface area contributed by atoms with Gasteiger partial charge in [0.2, 0.25) is 0 Å². The predicted octanol–water partition coefficient (Wildman–Crippen LogP) is 3.30. The molecule has 1 nitrogen and oxygen atoms in total. The third-order valence-electron chi connectivity index (χ3n) is 2.80. The fraction of sp³-hybridized carbons (Fsp3) is 0.636. The minimum absolute atomic E-state index is 0.728. The Labute approximate surface area is 84.4 Å². The zero-order valence-corrected chi connectivity index (χ0v) is 9.02. The van der Waals surface area contributed by atoms with Crippen molar-refractivity contribution < 1.29 is 0 Å². The summed E-state index contributed by atoms with van der Waals surface area (Å²) >= 11 is 1.82. The van der Waals surface area contributed by atoms with Crippen LogP contribution in [-0.2, 0) is 0 Å². The van der Waals surface area contributed by atoms with E-state index in [9.17, 15) is 0 Å². The van der Waals surface area contributed by atoms with Gasteiger partial charge >= 0.3 is 0 Å². The lowest BCUT2D eigenvalue weighted by Gasteiger charge is -2.22. The van der Waals surface area contributed by atoms with Gasteiger partial charge < -0.3 is 0 Å². The van der Waals surface area contributed by atoms with E-state index in [0.717, 1.165) is 6.04 Å². The van der Waals surface area contributed by atoms with Crippen LogP contribution in [0.4, 0.5) is 0 Å².